The van der Waals surface area contributed by atoms with E-state index >= 15 is 0 Å². The highest BCUT2D eigenvalue weighted by Crippen LogP contribution is 2.24. The molecule has 0 bridgehead atoms. The standard InChI is InChI=1S/C21H17F3N2O3/c1-10-13-6-4-5-7-15(13)25-11(2)17(10)21(28)29-12(3)20(27)26-16-9-8-14(22)18(23)19(16)24/h4-9,12H,1-3H3,(H,26,27)/t12-/m1/s1. The van der Waals surface area contributed by atoms with Crippen LogP contribution in [-0.2, 0) is 9.53 Å². The first-order valence-corrected chi connectivity index (χ1v) is 8.72. The fraction of sp³-hybridized carbons (Fsp3) is 0.190. The number of pyridine rings is 1. The third-order valence-corrected chi connectivity index (χ3v) is 4.48. The van der Waals surface area contributed by atoms with E-state index in [0.29, 0.717) is 17.3 Å². The number of nitrogens with zero attached hydrogens (tertiary/aromatic N) is 1. The van der Waals surface area contributed by atoms with Crippen molar-refractivity contribution in [2.24, 2.45) is 0 Å². The van der Waals surface area contributed by atoms with Crippen LogP contribution in [-0.4, -0.2) is 23.0 Å². The molecule has 0 saturated carbocycles. The summed E-state index contributed by atoms with van der Waals surface area (Å²) in [4.78, 5) is 29.2. The number of anilines is 1. The van der Waals surface area contributed by atoms with Crippen LogP contribution >= 0.6 is 0 Å². The van der Waals surface area contributed by atoms with Crippen molar-refractivity contribution in [1.29, 1.82) is 0 Å². The number of aryl methyl sites for hydroxylation is 2. The highest BCUT2D eigenvalue weighted by atomic mass is 19.2. The fourth-order valence-corrected chi connectivity index (χ4v) is 2.96. The molecular weight excluding hydrogens is 385 g/mol. The topological polar surface area (TPSA) is 68.3 Å². The maximum absolute atomic E-state index is 13.7. The number of esters is 1. The first-order chi connectivity index (χ1) is 13.7. The van der Waals surface area contributed by atoms with Crippen molar-refractivity contribution in [2.75, 3.05) is 5.32 Å². The van der Waals surface area contributed by atoms with E-state index in [1.807, 2.05) is 24.3 Å². The summed E-state index contributed by atoms with van der Waals surface area (Å²) in [5.41, 5.74) is 1.47. The van der Waals surface area contributed by atoms with E-state index in [1.165, 1.54) is 6.92 Å². The Kier molecular flexibility index (Phi) is 5.54. The van der Waals surface area contributed by atoms with Crippen molar-refractivity contribution in [1.82, 2.24) is 4.98 Å². The van der Waals surface area contributed by atoms with Crippen molar-refractivity contribution in [3.05, 3.63) is 70.7 Å². The quantitative estimate of drug-likeness (QED) is 0.517. The van der Waals surface area contributed by atoms with Gasteiger partial charge in [-0.3, -0.25) is 9.78 Å². The molecule has 29 heavy (non-hydrogen) atoms. The first-order valence-electron chi connectivity index (χ1n) is 8.72. The number of rotatable bonds is 4. The van der Waals surface area contributed by atoms with E-state index in [-0.39, 0.29) is 5.56 Å². The Morgan fingerprint density at radius 2 is 1.72 bits per heavy atom. The minimum Gasteiger partial charge on any atom is -0.449 e. The molecule has 1 N–H and O–H groups in total. The van der Waals surface area contributed by atoms with Gasteiger partial charge in [-0.15, -0.1) is 0 Å². The maximum Gasteiger partial charge on any atom is 0.341 e. The van der Waals surface area contributed by atoms with Gasteiger partial charge in [0.25, 0.3) is 5.91 Å². The van der Waals surface area contributed by atoms with Gasteiger partial charge in [-0.1, -0.05) is 18.2 Å². The molecule has 0 aliphatic heterocycles. The molecule has 0 radical (unpaired) electrons. The number of nitrogens with one attached hydrogen (secondary N) is 1. The normalized spacial score (nSPS) is 11.9. The van der Waals surface area contributed by atoms with Crippen molar-refractivity contribution in [3.63, 3.8) is 0 Å². The Hall–Kier alpha value is -3.42. The predicted molar refractivity (Wildman–Crippen MR) is 101 cm³/mol. The number of hydrogen-bond donors (Lipinski definition) is 1. The zero-order chi connectivity index (χ0) is 21.3. The Morgan fingerprint density at radius 3 is 2.45 bits per heavy atom. The summed E-state index contributed by atoms with van der Waals surface area (Å²) in [6, 6.07) is 8.83. The Balaban J connectivity index is 1.80. The Labute approximate surface area is 164 Å². The molecule has 0 spiro atoms. The lowest BCUT2D eigenvalue weighted by molar-refractivity contribution is -0.123. The summed E-state index contributed by atoms with van der Waals surface area (Å²) in [6.07, 6.45) is -1.32. The molecule has 0 unspecified atom stereocenters. The SMILES string of the molecule is Cc1nc2ccccc2c(C)c1C(=O)O[C@H](C)C(=O)Nc1ccc(F)c(F)c1F. The van der Waals surface area contributed by atoms with Crippen LogP contribution in [0.25, 0.3) is 10.9 Å². The van der Waals surface area contributed by atoms with Gasteiger partial charge < -0.3 is 10.1 Å². The van der Waals surface area contributed by atoms with Crippen LogP contribution < -0.4 is 5.32 Å². The molecular formula is C21H17F3N2O3. The second-order valence-electron chi connectivity index (χ2n) is 6.47. The lowest BCUT2D eigenvalue weighted by Gasteiger charge is -2.16. The van der Waals surface area contributed by atoms with Crippen molar-refractivity contribution in [2.45, 2.75) is 26.9 Å². The van der Waals surface area contributed by atoms with E-state index < -0.39 is 41.1 Å². The summed E-state index contributed by atoms with van der Waals surface area (Å²) in [5.74, 6) is -6.29. The van der Waals surface area contributed by atoms with Gasteiger partial charge in [0.1, 0.15) is 0 Å². The minimum absolute atomic E-state index is 0.224. The predicted octanol–water partition coefficient (Wildman–Crippen LogP) is 4.45. The number of carbonyl (C=O) groups excluding carboxylic acids is 2. The van der Waals surface area contributed by atoms with Gasteiger partial charge in [-0.25, -0.2) is 18.0 Å². The molecule has 0 saturated heterocycles. The smallest absolute Gasteiger partial charge is 0.341 e. The number of fused-ring (bicyclic) bond motifs is 1. The van der Waals surface area contributed by atoms with Gasteiger partial charge in [0.2, 0.25) is 0 Å². The minimum atomic E-state index is -1.71. The largest absolute Gasteiger partial charge is 0.449 e. The van der Waals surface area contributed by atoms with Crippen molar-refractivity contribution < 1.29 is 27.5 Å². The zero-order valence-corrected chi connectivity index (χ0v) is 15.8. The van der Waals surface area contributed by atoms with E-state index in [2.05, 4.69) is 10.3 Å². The molecule has 3 aromatic rings. The summed E-state index contributed by atoms with van der Waals surface area (Å²) in [7, 11) is 0. The van der Waals surface area contributed by atoms with Gasteiger partial charge in [-0.05, 0) is 44.5 Å². The first kappa shape index (κ1) is 20.3. The number of benzene rings is 2. The molecule has 2 aromatic carbocycles. The second-order valence-corrected chi connectivity index (χ2v) is 6.47. The number of carbonyl (C=O) groups is 2. The van der Waals surface area contributed by atoms with Crippen LogP contribution in [0.1, 0.15) is 28.5 Å². The van der Waals surface area contributed by atoms with Crippen molar-refractivity contribution >= 4 is 28.5 Å². The number of para-hydroxylation sites is 1. The van der Waals surface area contributed by atoms with E-state index in [0.717, 1.165) is 17.0 Å². The van der Waals surface area contributed by atoms with Crippen LogP contribution in [0.3, 0.4) is 0 Å². The lowest BCUT2D eigenvalue weighted by atomic mass is 10.0. The Bertz CT molecular complexity index is 1130. The molecule has 0 aliphatic carbocycles. The number of halogens is 3. The summed E-state index contributed by atoms with van der Waals surface area (Å²) in [5, 5.41) is 2.85. The summed E-state index contributed by atoms with van der Waals surface area (Å²) in [6.45, 7) is 4.68. The van der Waals surface area contributed by atoms with E-state index in [9.17, 15) is 22.8 Å². The van der Waals surface area contributed by atoms with Gasteiger partial charge in [0.15, 0.2) is 23.6 Å². The summed E-state index contributed by atoms with van der Waals surface area (Å²) >= 11 is 0. The van der Waals surface area contributed by atoms with Gasteiger partial charge in [0, 0.05) is 5.39 Å². The molecule has 1 atom stereocenters. The number of hydrogen-bond acceptors (Lipinski definition) is 4. The van der Waals surface area contributed by atoms with Crippen LogP contribution in [0.2, 0.25) is 0 Å². The van der Waals surface area contributed by atoms with Crippen LogP contribution in [0, 0.1) is 31.3 Å². The van der Waals surface area contributed by atoms with Gasteiger partial charge in [0.05, 0.1) is 22.5 Å². The molecule has 5 nitrogen and oxygen atoms in total. The highest BCUT2D eigenvalue weighted by molar-refractivity contribution is 6.01. The fourth-order valence-electron chi connectivity index (χ4n) is 2.96. The van der Waals surface area contributed by atoms with Gasteiger partial charge in [-0.2, -0.15) is 0 Å². The molecule has 0 aliphatic rings. The van der Waals surface area contributed by atoms with Crippen LogP contribution in [0.4, 0.5) is 18.9 Å². The maximum atomic E-state index is 13.7. The molecule has 3 rings (SSSR count). The zero-order valence-electron chi connectivity index (χ0n) is 15.8. The Morgan fingerprint density at radius 1 is 1.03 bits per heavy atom. The number of aromatic nitrogens is 1. The van der Waals surface area contributed by atoms with E-state index in [1.54, 1.807) is 13.8 Å². The molecule has 1 aromatic heterocycles. The average molecular weight is 402 g/mol. The molecule has 1 amide bonds. The second kappa shape index (κ2) is 7.90. The van der Waals surface area contributed by atoms with E-state index in [4.69, 9.17) is 4.74 Å². The third-order valence-electron chi connectivity index (χ3n) is 4.48. The number of ether oxygens (including phenoxy) is 1. The summed E-state index contributed by atoms with van der Waals surface area (Å²) < 4.78 is 45.2. The molecule has 8 heteroatoms. The monoisotopic (exact) mass is 402 g/mol. The van der Waals surface area contributed by atoms with Gasteiger partial charge >= 0.3 is 5.97 Å². The molecule has 150 valence electrons. The lowest BCUT2D eigenvalue weighted by Crippen LogP contribution is -2.31. The number of amides is 1. The third kappa shape index (κ3) is 3.91. The van der Waals surface area contributed by atoms with Crippen molar-refractivity contribution in [3.8, 4) is 0 Å². The highest BCUT2D eigenvalue weighted by Gasteiger charge is 2.24. The average Bonchev–Trinajstić information content (AvgIpc) is 2.68. The molecule has 0 fully saturated rings. The van der Waals surface area contributed by atoms with Crippen LogP contribution in [0.5, 0.6) is 0 Å². The van der Waals surface area contributed by atoms with Crippen LogP contribution in [0.15, 0.2) is 36.4 Å². The molecule has 1 heterocycles.